The molecule has 1 aliphatic heterocycles. The highest BCUT2D eigenvalue weighted by Gasteiger charge is 2.29. The first-order chi connectivity index (χ1) is 11.6. The highest BCUT2D eigenvalue weighted by atomic mass is 127. The smallest absolute Gasteiger partial charge is 0.191 e. The minimum absolute atomic E-state index is 0. The maximum atomic E-state index is 5.57. The molecule has 7 heteroatoms. The van der Waals surface area contributed by atoms with Gasteiger partial charge in [0.15, 0.2) is 5.96 Å². The van der Waals surface area contributed by atoms with E-state index in [4.69, 9.17) is 9.47 Å². The molecule has 0 amide bonds. The summed E-state index contributed by atoms with van der Waals surface area (Å²) in [7, 11) is 3.48. The molecule has 2 rings (SSSR count). The van der Waals surface area contributed by atoms with Crippen LogP contribution in [0.5, 0.6) is 5.75 Å². The van der Waals surface area contributed by atoms with Crippen LogP contribution in [0.2, 0.25) is 0 Å². The van der Waals surface area contributed by atoms with Crippen molar-refractivity contribution >= 4 is 41.7 Å². The highest BCUT2D eigenvalue weighted by Crippen LogP contribution is 2.36. The minimum atomic E-state index is 0. The first-order valence-corrected chi connectivity index (χ1v) is 9.43. The molecule has 1 atom stereocenters. The second-order valence-electron chi connectivity index (χ2n) is 6.17. The van der Waals surface area contributed by atoms with Gasteiger partial charge in [0.05, 0.1) is 6.61 Å². The molecule has 0 aromatic heterocycles. The van der Waals surface area contributed by atoms with Crippen LogP contribution in [0.15, 0.2) is 29.3 Å². The molecule has 0 aliphatic carbocycles. The van der Waals surface area contributed by atoms with Crippen molar-refractivity contribution in [2.75, 3.05) is 39.7 Å². The quantitative estimate of drug-likeness (QED) is 0.260. The van der Waals surface area contributed by atoms with E-state index in [1.807, 2.05) is 19.2 Å². The molecule has 1 aliphatic rings. The van der Waals surface area contributed by atoms with Gasteiger partial charge in [-0.15, -0.1) is 24.0 Å². The van der Waals surface area contributed by atoms with Gasteiger partial charge < -0.3 is 20.1 Å². The van der Waals surface area contributed by atoms with E-state index in [9.17, 15) is 0 Å². The zero-order valence-electron chi connectivity index (χ0n) is 15.3. The van der Waals surface area contributed by atoms with Crippen LogP contribution in [0, 0.1) is 0 Å². The Balaban J connectivity index is 0.00000312. The first kappa shape index (κ1) is 22.4. The van der Waals surface area contributed by atoms with Crippen LogP contribution in [-0.4, -0.2) is 50.4 Å². The predicted octanol–water partition coefficient (Wildman–Crippen LogP) is 3.28. The molecule has 1 aromatic carbocycles. The number of thioether (sulfide) groups is 1. The van der Waals surface area contributed by atoms with Gasteiger partial charge in [-0.1, -0.05) is 12.1 Å². The summed E-state index contributed by atoms with van der Waals surface area (Å²) in [5.41, 5.74) is 1.19. The summed E-state index contributed by atoms with van der Waals surface area (Å²) < 4.78 is 10.9. The van der Waals surface area contributed by atoms with Crippen LogP contribution >= 0.6 is 35.7 Å². The van der Waals surface area contributed by atoms with E-state index in [-0.39, 0.29) is 24.0 Å². The van der Waals surface area contributed by atoms with Gasteiger partial charge >= 0.3 is 0 Å². The Morgan fingerprint density at radius 2 is 2.00 bits per heavy atom. The Kier molecular flexibility index (Phi) is 10.6. The van der Waals surface area contributed by atoms with Gasteiger partial charge in [-0.25, -0.2) is 0 Å². The Morgan fingerprint density at radius 3 is 2.60 bits per heavy atom. The van der Waals surface area contributed by atoms with Crippen molar-refractivity contribution in [3.8, 4) is 5.75 Å². The van der Waals surface area contributed by atoms with Crippen LogP contribution in [0.4, 0.5) is 0 Å². The number of rotatable bonds is 8. The average molecular weight is 479 g/mol. The van der Waals surface area contributed by atoms with Gasteiger partial charge in [0.25, 0.3) is 0 Å². The third-order valence-corrected chi connectivity index (χ3v) is 5.63. The van der Waals surface area contributed by atoms with Crippen LogP contribution < -0.4 is 15.4 Å². The number of nitrogens with one attached hydrogen (secondary N) is 2. The first-order valence-electron chi connectivity index (χ1n) is 8.44. The molecule has 0 saturated carbocycles. The molecule has 1 saturated heterocycles. The third kappa shape index (κ3) is 8.04. The van der Waals surface area contributed by atoms with E-state index in [0.717, 1.165) is 24.8 Å². The van der Waals surface area contributed by atoms with Gasteiger partial charge in [-0.2, -0.15) is 11.8 Å². The largest absolute Gasteiger partial charge is 0.491 e. The van der Waals surface area contributed by atoms with E-state index >= 15 is 0 Å². The van der Waals surface area contributed by atoms with Gasteiger partial charge in [0, 0.05) is 32.0 Å². The van der Waals surface area contributed by atoms with Crippen molar-refractivity contribution in [3.63, 3.8) is 0 Å². The molecule has 1 unspecified atom stereocenters. The summed E-state index contributed by atoms with van der Waals surface area (Å²) in [4.78, 5) is 4.31. The molecule has 0 spiro atoms. The lowest BCUT2D eigenvalue weighted by atomic mass is 10.1. The maximum Gasteiger partial charge on any atom is 0.191 e. The molecular formula is C18H30IN3O2S. The van der Waals surface area contributed by atoms with Gasteiger partial charge in [-0.3, -0.25) is 4.99 Å². The van der Waals surface area contributed by atoms with Crippen LogP contribution in [-0.2, 0) is 11.3 Å². The van der Waals surface area contributed by atoms with E-state index in [0.29, 0.717) is 18.0 Å². The lowest BCUT2D eigenvalue weighted by molar-refractivity contribution is 0.146. The van der Waals surface area contributed by atoms with Gasteiger partial charge in [0.1, 0.15) is 12.4 Å². The summed E-state index contributed by atoms with van der Waals surface area (Å²) >= 11 is 2.05. The molecule has 2 N–H and O–H groups in total. The molecule has 0 radical (unpaired) electrons. The number of nitrogens with zero attached hydrogens (tertiary/aromatic N) is 1. The lowest BCUT2D eigenvalue weighted by Crippen LogP contribution is -2.43. The molecular weight excluding hydrogens is 449 g/mol. The number of hydrogen-bond acceptors (Lipinski definition) is 4. The number of ether oxygens (including phenoxy) is 2. The Hall–Kier alpha value is -0.670. The summed E-state index contributed by atoms with van der Waals surface area (Å²) in [5, 5.41) is 6.81. The molecule has 1 heterocycles. The summed E-state index contributed by atoms with van der Waals surface area (Å²) in [6, 6.07) is 8.10. The van der Waals surface area contributed by atoms with Crippen molar-refractivity contribution in [2.45, 2.75) is 31.1 Å². The van der Waals surface area contributed by atoms with Crippen molar-refractivity contribution in [2.24, 2.45) is 4.99 Å². The van der Waals surface area contributed by atoms with Crippen LogP contribution in [0.1, 0.15) is 25.3 Å². The highest BCUT2D eigenvalue weighted by molar-refractivity contribution is 14.0. The predicted molar refractivity (Wildman–Crippen MR) is 118 cm³/mol. The van der Waals surface area contributed by atoms with Crippen LogP contribution in [0.3, 0.4) is 0 Å². The number of hydrogen-bond donors (Lipinski definition) is 2. The average Bonchev–Trinajstić information content (AvgIpc) is 3.03. The molecule has 25 heavy (non-hydrogen) atoms. The molecule has 142 valence electrons. The maximum absolute atomic E-state index is 5.57. The number of methoxy groups -OCH3 is 1. The van der Waals surface area contributed by atoms with Crippen molar-refractivity contribution in [3.05, 3.63) is 29.8 Å². The summed E-state index contributed by atoms with van der Waals surface area (Å²) in [5.74, 6) is 2.98. The zero-order valence-corrected chi connectivity index (χ0v) is 18.5. The van der Waals surface area contributed by atoms with Gasteiger partial charge in [-0.05, 0) is 43.2 Å². The van der Waals surface area contributed by atoms with Gasteiger partial charge in [0.2, 0.25) is 0 Å². The monoisotopic (exact) mass is 479 g/mol. The number of guanidine groups is 1. The number of halogens is 1. The van der Waals surface area contributed by atoms with Crippen LogP contribution in [0.25, 0.3) is 0 Å². The normalized spacial score (nSPS) is 20.0. The van der Waals surface area contributed by atoms with E-state index in [2.05, 4.69) is 46.4 Å². The van der Waals surface area contributed by atoms with E-state index < -0.39 is 0 Å². The lowest BCUT2D eigenvalue weighted by Gasteiger charge is -2.24. The summed E-state index contributed by atoms with van der Waals surface area (Å²) in [6.45, 7) is 5.18. The molecule has 0 bridgehead atoms. The second kappa shape index (κ2) is 11.9. The number of aliphatic imine (C=N–C) groups is 1. The Morgan fingerprint density at radius 1 is 1.24 bits per heavy atom. The molecule has 5 nitrogen and oxygen atoms in total. The second-order valence-corrected chi connectivity index (χ2v) is 7.85. The third-order valence-electron chi connectivity index (χ3n) is 4.09. The van der Waals surface area contributed by atoms with E-state index in [1.165, 1.54) is 24.2 Å². The zero-order chi connectivity index (χ0) is 17.3. The van der Waals surface area contributed by atoms with Crippen molar-refractivity contribution < 1.29 is 9.47 Å². The standard InChI is InChI=1S/C18H29N3O2S.HI/c1-18(9-4-12-24-18)14-21-17(19-2)20-13-15-5-7-16(8-6-15)23-11-10-22-3;/h5-8H,4,9-14H2,1-3H3,(H2,19,20,21);1H. The fourth-order valence-electron chi connectivity index (χ4n) is 2.60. The summed E-state index contributed by atoms with van der Waals surface area (Å²) in [6.07, 6.45) is 2.58. The molecule has 1 aromatic rings. The Labute approximate surface area is 172 Å². The van der Waals surface area contributed by atoms with Crippen molar-refractivity contribution in [1.29, 1.82) is 0 Å². The topological polar surface area (TPSA) is 54.9 Å². The fourth-order valence-corrected chi connectivity index (χ4v) is 3.84. The minimum Gasteiger partial charge on any atom is -0.491 e. The van der Waals surface area contributed by atoms with Crippen molar-refractivity contribution in [1.82, 2.24) is 10.6 Å². The van der Waals surface area contributed by atoms with E-state index in [1.54, 1.807) is 7.11 Å². The number of benzene rings is 1. The fraction of sp³-hybridized carbons (Fsp3) is 0.611. The SMILES string of the molecule is CN=C(NCc1ccc(OCCOC)cc1)NCC1(C)CCCS1.I. The Bertz CT molecular complexity index is 520. The molecule has 1 fully saturated rings.